The molecule has 0 unspecified atom stereocenters. The third kappa shape index (κ3) is 4.17. The Labute approximate surface area is 223 Å². The summed E-state index contributed by atoms with van der Waals surface area (Å²) in [5, 5.41) is 47.0. The number of halogens is 1. The van der Waals surface area contributed by atoms with Crippen LogP contribution in [0.1, 0.15) is 24.5 Å². The number of aromatic hydroxyl groups is 1. The number of aliphatic hydroxyl groups is 3. The number of carbonyl (C=O) groups excluding carboxylic acids is 4. The van der Waals surface area contributed by atoms with E-state index in [2.05, 4.69) is 5.32 Å². The molecule has 0 spiro atoms. The second-order valence-corrected chi connectivity index (χ2v) is 10.5. The molecule has 13 heteroatoms. The normalized spacial score (nSPS) is 26.5. The number of ketones is 2. The number of hydrogen-bond donors (Lipinski definition) is 6. The van der Waals surface area contributed by atoms with E-state index in [1.807, 2.05) is 0 Å². The number of hydrogen-bond acceptors (Lipinski definition) is 10. The number of nitrogens with zero attached hydrogens (tertiary/aromatic N) is 2. The second-order valence-electron chi connectivity index (χ2n) is 10.5. The summed E-state index contributed by atoms with van der Waals surface area (Å²) < 4.78 is 15.3. The predicted octanol–water partition coefficient (Wildman–Crippen LogP) is -0.00670. The van der Waals surface area contributed by atoms with Gasteiger partial charge in [-0.1, -0.05) is 6.92 Å². The molecule has 4 rings (SSSR count). The largest absolute Gasteiger partial charge is 0.508 e. The topological polar surface area (TPSA) is 194 Å². The van der Waals surface area contributed by atoms with E-state index in [0.717, 1.165) is 6.07 Å². The summed E-state index contributed by atoms with van der Waals surface area (Å²) in [6.45, 7) is 1.90. The highest BCUT2D eigenvalue weighted by atomic mass is 19.1. The molecule has 0 saturated heterocycles. The number of phenolic OH excluding ortho intramolecular Hbond substituents is 1. The number of aliphatic hydroxyl groups excluding tert-OH is 2. The number of likely N-dealkylation sites (N-methyl/N-ethyl adjacent to an activating group) is 2. The van der Waals surface area contributed by atoms with Gasteiger partial charge in [0.1, 0.15) is 22.9 Å². The summed E-state index contributed by atoms with van der Waals surface area (Å²) in [4.78, 5) is 54.5. The first-order chi connectivity index (χ1) is 18.2. The van der Waals surface area contributed by atoms with Crippen LogP contribution < -0.4 is 11.1 Å². The number of carbonyl (C=O) groups is 4. The first kappa shape index (κ1) is 28.2. The molecule has 1 aromatic carbocycles. The molecule has 4 atom stereocenters. The van der Waals surface area contributed by atoms with Crippen molar-refractivity contribution in [1.82, 2.24) is 9.80 Å². The van der Waals surface area contributed by atoms with Crippen LogP contribution in [0.5, 0.6) is 5.75 Å². The lowest BCUT2D eigenvalue weighted by Crippen LogP contribution is -2.66. The van der Waals surface area contributed by atoms with Crippen LogP contribution in [-0.2, 0) is 25.6 Å². The number of nitrogens with two attached hydrogens (primary N) is 1. The van der Waals surface area contributed by atoms with E-state index in [4.69, 9.17) is 5.73 Å². The molecule has 2 amide bonds. The summed E-state index contributed by atoms with van der Waals surface area (Å²) in [5.41, 5.74) is 0.312. The first-order valence-corrected chi connectivity index (χ1v) is 12.3. The van der Waals surface area contributed by atoms with Crippen LogP contribution >= 0.6 is 0 Å². The minimum Gasteiger partial charge on any atom is -0.508 e. The van der Waals surface area contributed by atoms with Crippen LogP contribution in [0.15, 0.2) is 23.0 Å². The molecule has 0 bridgehead atoms. The van der Waals surface area contributed by atoms with Gasteiger partial charge in [0, 0.05) is 23.1 Å². The van der Waals surface area contributed by atoms with E-state index in [1.54, 1.807) is 25.9 Å². The number of rotatable bonds is 6. The van der Waals surface area contributed by atoms with Gasteiger partial charge in [-0.3, -0.25) is 24.1 Å². The van der Waals surface area contributed by atoms with Crippen molar-refractivity contribution in [3.8, 4) is 5.75 Å². The minimum absolute atomic E-state index is 0.0832. The Morgan fingerprint density at radius 3 is 2.41 bits per heavy atom. The molecular weight excluding hydrogens is 515 g/mol. The molecule has 1 aromatic rings. The number of primary amides is 1. The fourth-order valence-corrected chi connectivity index (χ4v) is 5.95. The molecule has 3 aliphatic carbocycles. The summed E-state index contributed by atoms with van der Waals surface area (Å²) in [5.74, 6) is -9.73. The van der Waals surface area contributed by atoms with Gasteiger partial charge < -0.3 is 36.4 Å². The molecule has 0 heterocycles. The average molecular weight is 547 g/mol. The van der Waals surface area contributed by atoms with Crippen molar-refractivity contribution >= 4 is 34.8 Å². The quantitative estimate of drug-likeness (QED) is 0.209. The van der Waals surface area contributed by atoms with E-state index in [0.29, 0.717) is 0 Å². The van der Waals surface area contributed by atoms with Crippen molar-refractivity contribution in [2.75, 3.05) is 39.5 Å². The predicted molar refractivity (Wildman–Crippen MR) is 136 cm³/mol. The van der Waals surface area contributed by atoms with Crippen LogP contribution in [-0.4, -0.2) is 99.5 Å². The van der Waals surface area contributed by atoms with E-state index < -0.39 is 86.7 Å². The Hall–Kier alpha value is -3.81. The van der Waals surface area contributed by atoms with Crippen molar-refractivity contribution in [1.29, 1.82) is 0 Å². The molecule has 39 heavy (non-hydrogen) atoms. The lowest BCUT2D eigenvalue weighted by atomic mass is 9.57. The monoisotopic (exact) mass is 546 g/mol. The van der Waals surface area contributed by atoms with Crippen LogP contribution in [0.3, 0.4) is 0 Å². The summed E-state index contributed by atoms with van der Waals surface area (Å²) >= 11 is 0. The number of phenols is 1. The number of nitrogens with one attached hydrogen (secondary N) is 1. The lowest BCUT2D eigenvalue weighted by molar-refractivity contribution is -0.154. The Balaban J connectivity index is 1.90. The number of Topliss-reactive ketones (excluding diaryl/α,β-unsaturated/α-hetero) is 2. The standard InChI is InChI=1S/C26H31FN4O8/c1-5-31(4)19-12-7-10-6-11-13(27)8-14(29-15(32)9-30(2)3)20(33)17(11)21(34)16(10)23(36)26(12,39)24(37)18(22(19)35)25(28)38/h8,10,12,19,33-34,37,39H,5-7,9H2,1-4H3,(H2,28,38)(H,29,32)/t10-,12-,19-,26-/m0/s1. The van der Waals surface area contributed by atoms with E-state index in [1.165, 1.54) is 11.9 Å². The smallest absolute Gasteiger partial charge is 0.255 e. The molecule has 1 saturated carbocycles. The maximum Gasteiger partial charge on any atom is 0.255 e. The summed E-state index contributed by atoms with van der Waals surface area (Å²) in [6, 6.07) is -0.313. The molecule has 0 aliphatic heterocycles. The van der Waals surface area contributed by atoms with Gasteiger partial charge in [0.05, 0.1) is 23.8 Å². The number of fused-ring (bicyclic) bond motifs is 3. The van der Waals surface area contributed by atoms with Gasteiger partial charge in [-0.2, -0.15) is 0 Å². The zero-order valence-corrected chi connectivity index (χ0v) is 21.9. The highest BCUT2D eigenvalue weighted by Crippen LogP contribution is 2.53. The van der Waals surface area contributed by atoms with Crippen LogP contribution in [0.2, 0.25) is 0 Å². The van der Waals surface area contributed by atoms with Gasteiger partial charge in [0.15, 0.2) is 17.1 Å². The van der Waals surface area contributed by atoms with Gasteiger partial charge in [0.2, 0.25) is 11.7 Å². The lowest BCUT2D eigenvalue weighted by Gasteiger charge is -2.50. The summed E-state index contributed by atoms with van der Waals surface area (Å²) in [6.07, 6.45) is -0.346. The van der Waals surface area contributed by atoms with Crippen molar-refractivity contribution in [3.63, 3.8) is 0 Å². The van der Waals surface area contributed by atoms with Gasteiger partial charge in [-0.05, 0) is 46.4 Å². The molecular formula is C26H31FN4O8. The number of anilines is 1. The van der Waals surface area contributed by atoms with Gasteiger partial charge in [-0.15, -0.1) is 0 Å². The first-order valence-electron chi connectivity index (χ1n) is 12.3. The number of benzene rings is 1. The molecule has 7 N–H and O–H groups in total. The Kier molecular flexibility index (Phi) is 7.04. The van der Waals surface area contributed by atoms with Crippen LogP contribution in [0, 0.1) is 17.7 Å². The zero-order valence-electron chi connectivity index (χ0n) is 21.9. The van der Waals surface area contributed by atoms with E-state index >= 15 is 4.39 Å². The Bertz CT molecular complexity index is 1370. The molecule has 0 radical (unpaired) electrons. The van der Waals surface area contributed by atoms with Crippen LogP contribution in [0.25, 0.3) is 5.76 Å². The second kappa shape index (κ2) is 9.74. The van der Waals surface area contributed by atoms with Gasteiger partial charge >= 0.3 is 0 Å². The molecule has 0 aromatic heterocycles. The fourth-order valence-electron chi connectivity index (χ4n) is 5.95. The Morgan fingerprint density at radius 1 is 1.21 bits per heavy atom. The van der Waals surface area contributed by atoms with Crippen molar-refractivity contribution in [2.45, 2.75) is 31.4 Å². The maximum atomic E-state index is 15.3. The third-order valence-electron chi connectivity index (χ3n) is 7.82. The minimum atomic E-state index is -2.80. The summed E-state index contributed by atoms with van der Waals surface area (Å²) in [7, 11) is 4.80. The fraction of sp³-hybridized carbons (Fsp3) is 0.462. The SMILES string of the molecule is CCN(C)[C@@H]1C(=O)C(C(N)=O)=C(O)[C@@]2(O)C(=O)C3=C(O)c4c(O)c(NC(=O)CN(C)C)cc(F)c4C[C@H]3C[C@@H]12. The zero-order chi connectivity index (χ0) is 29.1. The van der Waals surface area contributed by atoms with E-state index in [9.17, 15) is 39.6 Å². The van der Waals surface area contributed by atoms with Crippen molar-refractivity contribution < 1.29 is 44.0 Å². The highest BCUT2D eigenvalue weighted by Gasteiger charge is 2.64. The number of amides is 2. The van der Waals surface area contributed by atoms with E-state index in [-0.39, 0.29) is 37.2 Å². The third-order valence-corrected chi connectivity index (χ3v) is 7.82. The van der Waals surface area contributed by atoms with Crippen molar-refractivity contribution in [3.05, 3.63) is 39.9 Å². The maximum absolute atomic E-state index is 15.3. The molecule has 1 fully saturated rings. The van der Waals surface area contributed by atoms with Crippen LogP contribution in [0.4, 0.5) is 10.1 Å². The molecule has 12 nitrogen and oxygen atoms in total. The Morgan fingerprint density at radius 2 is 1.85 bits per heavy atom. The van der Waals surface area contributed by atoms with Gasteiger partial charge in [0.25, 0.3) is 5.91 Å². The highest BCUT2D eigenvalue weighted by molar-refractivity contribution is 6.24. The van der Waals surface area contributed by atoms with Gasteiger partial charge in [-0.25, -0.2) is 4.39 Å². The average Bonchev–Trinajstić information content (AvgIpc) is 2.83. The van der Waals surface area contributed by atoms with Crippen molar-refractivity contribution in [2.24, 2.45) is 17.6 Å². The molecule has 3 aliphatic rings. The molecule has 210 valence electrons.